The standard InChI is InChI=1S/C9H15N3OS/c1-3-11-8(13)4-7-6(2)12-9(5-10)14-7/h3-5,10H2,1-2H3,(H,11,13). The van der Waals surface area contributed by atoms with E-state index in [0.717, 1.165) is 15.6 Å². The normalized spacial score (nSPS) is 10.2. The summed E-state index contributed by atoms with van der Waals surface area (Å²) in [6.45, 7) is 4.92. The highest BCUT2D eigenvalue weighted by Gasteiger charge is 2.10. The van der Waals surface area contributed by atoms with Crippen molar-refractivity contribution in [2.45, 2.75) is 26.8 Å². The minimum atomic E-state index is 0.0443. The Balaban J connectivity index is 2.66. The van der Waals surface area contributed by atoms with Crippen LogP contribution in [0.1, 0.15) is 22.5 Å². The zero-order valence-electron chi connectivity index (χ0n) is 8.46. The first kappa shape index (κ1) is 11.1. The quantitative estimate of drug-likeness (QED) is 0.769. The lowest BCUT2D eigenvalue weighted by Gasteiger charge is -1.99. The van der Waals surface area contributed by atoms with Crippen molar-refractivity contribution in [2.75, 3.05) is 6.54 Å². The number of carbonyl (C=O) groups is 1. The summed E-state index contributed by atoms with van der Waals surface area (Å²) >= 11 is 1.52. The molecule has 1 heterocycles. The highest BCUT2D eigenvalue weighted by atomic mass is 32.1. The second-order valence-electron chi connectivity index (χ2n) is 2.95. The number of thiazole rings is 1. The lowest BCUT2D eigenvalue weighted by molar-refractivity contribution is -0.120. The van der Waals surface area contributed by atoms with Crippen molar-refractivity contribution in [1.82, 2.24) is 10.3 Å². The van der Waals surface area contributed by atoms with E-state index in [9.17, 15) is 4.79 Å². The van der Waals surface area contributed by atoms with Gasteiger partial charge in [-0.1, -0.05) is 0 Å². The summed E-state index contributed by atoms with van der Waals surface area (Å²) in [5.74, 6) is 0.0443. The molecule has 0 saturated heterocycles. The number of likely N-dealkylation sites (N-methyl/N-ethyl adjacent to an activating group) is 1. The van der Waals surface area contributed by atoms with Crippen LogP contribution < -0.4 is 11.1 Å². The van der Waals surface area contributed by atoms with E-state index < -0.39 is 0 Å². The molecule has 0 bridgehead atoms. The molecule has 1 aromatic rings. The largest absolute Gasteiger partial charge is 0.356 e. The van der Waals surface area contributed by atoms with Gasteiger partial charge in [0.2, 0.25) is 5.91 Å². The second kappa shape index (κ2) is 5.07. The molecule has 1 aromatic heterocycles. The van der Waals surface area contributed by atoms with Gasteiger partial charge in [0.1, 0.15) is 5.01 Å². The third-order valence-electron chi connectivity index (χ3n) is 1.81. The van der Waals surface area contributed by atoms with Crippen molar-refractivity contribution >= 4 is 17.2 Å². The van der Waals surface area contributed by atoms with E-state index in [-0.39, 0.29) is 5.91 Å². The predicted octanol–water partition coefficient (Wildman–Crippen LogP) is 0.589. The van der Waals surface area contributed by atoms with Crippen LogP contribution in [0.15, 0.2) is 0 Å². The lowest BCUT2D eigenvalue weighted by Crippen LogP contribution is -2.24. The number of hydrogen-bond donors (Lipinski definition) is 2. The molecular formula is C9H15N3OS. The van der Waals surface area contributed by atoms with E-state index in [4.69, 9.17) is 5.73 Å². The van der Waals surface area contributed by atoms with Crippen molar-refractivity contribution in [2.24, 2.45) is 5.73 Å². The van der Waals surface area contributed by atoms with Crippen molar-refractivity contribution in [1.29, 1.82) is 0 Å². The fourth-order valence-electron chi connectivity index (χ4n) is 1.15. The van der Waals surface area contributed by atoms with Gasteiger partial charge in [-0.15, -0.1) is 11.3 Å². The van der Waals surface area contributed by atoms with Crippen molar-refractivity contribution < 1.29 is 4.79 Å². The Morgan fingerprint density at radius 2 is 2.36 bits per heavy atom. The molecule has 0 aliphatic carbocycles. The number of nitrogens with zero attached hydrogens (tertiary/aromatic N) is 1. The first-order valence-corrected chi connectivity index (χ1v) is 5.41. The van der Waals surface area contributed by atoms with Gasteiger partial charge in [-0.25, -0.2) is 4.98 Å². The van der Waals surface area contributed by atoms with E-state index >= 15 is 0 Å². The Kier molecular flexibility index (Phi) is 4.03. The average Bonchev–Trinajstić information content (AvgIpc) is 2.48. The molecule has 0 fully saturated rings. The Morgan fingerprint density at radius 3 is 2.86 bits per heavy atom. The Labute approximate surface area is 87.5 Å². The summed E-state index contributed by atoms with van der Waals surface area (Å²) in [6.07, 6.45) is 0.414. The topological polar surface area (TPSA) is 68.0 Å². The van der Waals surface area contributed by atoms with Crippen LogP contribution in [0.4, 0.5) is 0 Å². The van der Waals surface area contributed by atoms with E-state index in [1.807, 2.05) is 13.8 Å². The van der Waals surface area contributed by atoms with Gasteiger partial charge >= 0.3 is 0 Å². The van der Waals surface area contributed by atoms with Crippen LogP contribution in [-0.4, -0.2) is 17.4 Å². The first-order chi connectivity index (χ1) is 6.67. The molecule has 0 radical (unpaired) electrons. The minimum Gasteiger partial charge on any atom is -0.356 e. The number of nitrogens with two attached hydrogens (primary N) is 1. The molecule has 78 valence electrons. The highest BCUT2D eigenvalue weighted by Crippen LogP contribution is 2.17. The van der Waals surface area contributed by atoms with Crippen molar-refractivity contribution in [3.8, 4) is 0 Å². The van der Waals surface area contributed by atoms with E-state index in [2.05, 4.69) is 10.3 Å². The third-order valence-corrected chi connectivity index (χ3v) is 2.99. The van der Waals surface area contributed by atoms with Crippen LogP contribution in [0.2, 0.25) is 0 Å². The van der Waals surface area contributed by atoms with Crippen LogP contribution >= 0.6 is 11.3 Å². The molecule has 0 saturated carbocycles. The molecule has 1 amide bonds. The van der Waals surface area contributed by atoms with Crippen LogP contribution in [-0.2, 0) is 17.8 Å². The molecule has 0 aliphatic heterocycles. The van der Waals surface area contributed by atoms with Gasteiger partial charge in [-0.05, 0) is 13.8 Å². The van der Waals surface area contributed by atoms with Crippen LogP contribution in [0.25, 0.3) is 0 Å². The van der Waals surface area contributed by atoms with E-state index in [1.54, 1.807) is 0 Å². The van der Waals surface area contributed by atoms with Crippen LogP contribution in [0.5, 0.6) is 0 Å². The summed E-state index contributed by atoms with van der Waals surface area (Å²) in [5.41, 5.74) is 6.39. The monoisotopic (exact) mass is 213 g/mol. The highest BCUT2D eigenvalue weighted by molar-refractivity contribution is 7.11. The maximum Gasteiger partial charge on any atom is 0.225 e. The summed E-state index contributed by atoms with van der Waals surface area (Å²) in [6, 6.07) is 0. The molecule has 0 aromatic carbocycles. The van der Waals surface area contributed by atoms with Crippen LogP contribution in [0, 0.1) is 6.92 Å². The molecule has 0 spiro atoms. The minimum absolute atomic E-state index is 0.0443. The zero-order valence-corrected chi connectivity index (χ0v) is 9.28. The maximum atomic E-state index is 11.3. The third kappa shape index (κ3) is 2.78. The van der Waals surface area contributed by atoms with Gasteiger partial charge in [-0.2, -0.15) is 0 Å². The molecule has 1 rings (SSSR count). The number of nitrogens with one attached hydrogen (secondary N) is 1. The zero-order chi connectivity index (χ0) is 10.6. The predicted molar refractivity (Wildman–Crippen MR) is 57.1 cm³/mol. The summed E-state index contributed by atoms with van der Waals surface area (Å²) in [5, 5.41) is 3.65. The summed E-state index contributed by atoms with van der Waals surface area (Å²) in [7, 11) is 0. The van der Waals surface area contributed by atoms with Gasteiger partial charge in [0, 0.05) is 18.0 Å². The molecule has 3 N–H and O–H groups in total. The molecule has 14 heavy (non-hydrogen) atoms. The molecule has 5 heteroatoms. The molecule has 0 aliphatic rings. The number of hydrogen-bond acceptors (Lipinski definition) is 4. The Bertz CT molecular complexity index is 322. The molecular weight excluding hydrogens is 198 g/mol. The number of aromatic nitrogens is 1. The lowest BCUT2D eigenvalue weighted by atomic mass is 10.3. The smallest absolute Gasteiger partial charge is 0.225 e. The second-order valence-corrected chi connectivity index (χ2v) is 4.12. The SMILES string of the molecule is CCNC(=O)Cc1sc(CN)nc1C. The average molecular weight is 213 g/mol. The fourth-order valence-corrected chi connectivity index (χ4v) is 2.09. The number of amides is 1. The fraction of sp³-hybridized carbons (Fsp3) is 0.556. The van der Waals surface area contributed by atoms with Gasteiger partial charge in [0.25, 0.3) is 0 Å². The molecule has 0 unspecified atom stereocenters. The maximum absolute atomic E-state index is 11.3. The van der Waals surface area contributed by atoms with Crippen LogP contribution in [0.3, 0.4) is 0 Å². The molecule has 4 nitrogen and oxygen atoms in total. The van der Waals surface area contributed by atoms with Crippen molar-refractivity contribution in [3.05, 3.63) is 15.6 Å². The van der Waals surface area contributed by atoms with E-state index in [1.165, 1.54) is 11.3 Å². The Morgan fingerprint density at radius 1 is 1.64 bits per heavy atom. The van der Waals surface area contributed by atoms with Crippen molar-refractivity contribution in [3.63, 3.8) is 0 Å². The summed E-state index contributed by atoms with van der Waals surface area (Å²) in [4.78, 5) is 16.6. The van der Waals surface area contributed by atoms with Gasteiger partial charge < -0.3 is 11.1 Å². The first-order valence-electron chi connectivity index (χ1n) is 4.59. The van der Waals surface area contributed by atoms with Gasteiger partial charge in [0.15, 0.2) is 0 Å². The van der Waals surface area contributed by atoms with E-state index in [0.29, 0.717) is 19.5 Å². The number of aryl methyl sites for hydroxylation is 1. The van der Waals surface area contributed by atoms with Gasteiger partial charge in [-0.3, -0.25) is 4.79 Å². The number of rotatable bonds is 4. The van der Waals surface area contributed by atoms with Gasteiger partial charge in [0.05, 0.1) is 12.1 Å². The summed E-state index contributed by atoms with van der Waals surface area (Å²) < 4.78 is 0. The Hall–Kier alpha value is -0.940. The number of carbonyl (C=O) groups excluding carboxylic acids is 1. The molecule has 0 atom stereocenters.